The van der Waals surface area contributed by atoms with Gasteiger partial charge in [0, 0.05) is 19.0 Å². The van der Waals surface area contributed by atoms with Gasteiger partial charge in [0.2, 0.25) is 5.91 Å². The highest BCUT2D eigenvalue weighted by Crippen LogP contribution is 2.22. The fourth-order valence-corrected chi connectivity index (χ4v) is 2.70. The minimum atomic E-state index is 0.114. The van der Waals surface area contributed by atoms with Gasteiger partial charge in [-0.1, -0.05) is 12.1 Å². The molecule has 3 rings (SSSR count). The smallest absolute Gasteiger partial charge is 0.222 e. The molecule has 1 aliphatic carbocycles. The van der Waals surface area contributed by atoms with E-state index in [-0.39, 0.29) is 5.91 Å². The van der Waals surface area contributed by atoms with Crippen LogP contribution in [0.1, 0.15) is 30.7 Å². The van der Waals surface area contributed by atoms with Crippen LogP contribution in [0.15, 0.2) is 18.2 Å². The molecule has 0 unspecified atom stereocenters. The maximum absolute atomic E-state index is 11.8. The van der Waals surface area contributed by atoms with E-state index in [0.717, 1.165) is 35.3 Å². The van der Waals surface area contributed by atoms with Gasteiger partial charge in [-0.3, -0.25) is 4.79 Å². The molecule has 0 saturated heterocycles. The number of hydrogen-bond acceptors (Lipinski definition) is 2. The minimum Gasteiger partial charge on any atom is -0.353 e. The fourth-order valence-electron chi connectivity index (χ4n) is 2.50. The number of rotatable bonds is 5. The second-order valence-corrected chi connectivity index (χ2v) is 5.61. The summed E-state index contributed by atoms with van der Waals surface area (Å²) < 4.78 is 2.07. The number of alkyl halides is 1. The minimum absolute atomic E-state index is 0.114. The van der Waals surface area contributed by atoms with Crippen LogP contribution in [-0.2, 0) is 17.2 Å². The van der Waals surface area contributed by atoms with Gasteiger partial charge >= 0.3 is 0 Å². The summed E-state index contributed by atoms with van der Waals surface area (Å²) in [6.45, 7) is 2.69. The number of aryl methyl sites for hydroxylation is 2. The topological polar surface area (TPSA) is 46.9 Å². The number of nitrogens with zero attached hydrogens (tertiary/aromatic N) is 2. The lowest BCUT2D eigenvalue weighted by molar-refractivity contribution is -0.121. The van der Waals surface area contributed by atoms with Crippen molar-refractivity contribution in [2.75, 3.05) is 0 Å². The van der Waals surface area contributed by atoms with Crippen molar-refractivity contribution in [2.24, 2.45) is 0 Å². The van der Waals surface area contributed by atoms with Gasteiger partial charge in [0.1, 0.15) is 5.82 Å². The van der Waals surface area contributed by atoms with Gasteiger partial charge < -0.3 is 9.88 Å². The zero-order valence-corrected chi connectivity index (χ0v) is 12.3. The van der Waals surface area contributed by atoms with Crippen molar-refractivity contribution in [1.29, 1.82) is 0 Å². The molecule has 5 heteroatoms. The van der Waals surface area contributed by atoms with Crippen LogP contribution in [0.25, 0.3) is 11.0 Å². The second-order valence-electron chi connectivity index (χ2n) is 5.35. The first-order valence-corrected chi connectivity index (χ1v) is 7.52. The quantitative estimate of drug-likeness (QED) is 0.861. The molecule has 1 heterocycles. The van der Waals surface area contributed by atoms with E-state index < -0.39 is 0 Å². The van der Waals surface area contributed by atoms with E-state index in [4.69, 9.17) is 11.6 Å². The summed E-state index contributed by atoms with van der Waals surface area (Å²) in [6, 6.07) is 6.45. The van der Waals surface area contributed by atoms with Gasteiger partial charge in [-0.05, 0) is 31.4 Å². The van der Waals surface area contributed by atoms with Gasteiger partial charge in [-0.2, -0.15) is 0 Å². The number of carbonyl (C=O) groups is 1. The molecule has 4 nitrogen and oxygen atoms in total. The first-order valence-electron chi connectivity index (χ1n) is 6.99. The van der Waals surface area contributed by atoms with Crippen molar-refractivity contribution in [1.82, 2.24) is 14.9 Å². The Hall–Kier alpha value is -1.55. The predicted molar refractivity (Wildman–Crippen MR) is 79.8 cm³/mol. The molecule has 1 aromatic carbocycles. The second kappa shape index (κ2) is 5.44. The average Bonchev–Trinajstić information content (AvgIpc) is 3.15. The maximum Gasteiger partial charge on any atom is 0.222 e. The Labute approximate surface area is 123 Å². The molecule has 1 N–H and O–H groups in total. The van der Waals surface area contributed by atoms with Crippen LogP contribution in [0.3, 0.4) is 0 Å². The monoisotopic (exact) mass is 291 g/mol. The van der Waals surface area contributed by atoms with Crippen LogP contribution in [0, 0.1) is 6.92 Å². The van der Waals surface area contributed by atoms with E-state index in [0.29, 0.717) is 24.9 Å². The Morgan fingerprint density at radius 2 is 2.30 bits per heavy atom. The number of carbonyl (C=O) groups excluding carboxylic acids is 1. The summed E-state index contributed by atoms with van der Waals surface area (Å²) in [4.78, 5) is 16.4. The Bertz CT molecular complexity index is 646. The number of amides is 1. The molecule has 1 saturated carbocycles. The predicted octanol–water partition coefficient (Wildman–Crippen LogP) is 2.75. The van der Waals surface area contributed by atoms with Gasteiger partial charge in [-0.25, -0.2) is 4.98 Å². The first-order chi connectivity index (χ1) is 9.69. The molecule has 0 bridgehead atoms. The van der Waals surface area contributed by atoms with E-state index in [1.165, 1.54) is 0 Å². The lowest BCUT2D eigenvalue weighted by atomic mass is 10.2. The third kappa shape index (κ3) is 2.66. The molecule has 0 spiro atoms. The number of hydrogen-bond donors (Lipinski definition) is 1. The normalized spacial score (nSPS) is 14.7. The number of nitrogens with one attached hydrogen (secondary N) is 1. The molecule has 0 radical (unpaired) electrons. The number of imidazole rings is 1. The van der Waals surface area contributed by atoms with Crippen molar-refractivity contribution in [2.45, 2.75) is 44.7 Å². The molecule has 0 aliphatic heterocycles. The molecular formula is C15H18ClN3O. The number of para-hydroxylation sites is 1. The molecule has 1 amide bonds. The van der Waals surface area contributed by atoms with Gasteiger partial charge in [0.05, 0.1) is 16.9 Å². The van der Waals surface area contributed by atoms with Crippen LogP contribution in [0.5, 0.6) is 0 Å². The molecule has 1 fully saturated rings. The Morgan fingerprint density at radius 1 is 1.50 bits per heavy atom. The number of halogens is 1. The fraction of sp³-hybridized carbons (Fsp3) is 0.467. The molecule has 106 valence electrons. The Balaban J connectivity index is 1.83. The summed E-state index contributed by atoms with van der Waals surface area (Å²) in [7, 11) is 0. The highest BCUT2D eigenvalue weighted by molar-refractivity contribution is 6.16. The van der Waals surface area contributed by atoms with E-state index in [9.17, 15) is 4.79 Å². The molecular weight excluding hydrogens is 274 g/mol. The number of aromatic nitrogens is 2. The molecule has 1 aromatic heterocycles. The highest BCUT2D eigenvalue weighted by Gasteiger charge is 2.23. The van der Waals surface area contributed by atoms with Crippen molar-refractivity contribution >= 4 is 28.5 Å². The lowest BCUT2D eigenvalue weighted by Gasteiger charge is -2.09. The van der Waals surface area contributed by atoms with Crippen LogP contribution in [-0.4, -0.2) is 21.5 Å². The summed E-state index contributed by atoms with van der Waals surface area (Å²) in [5, 5.41) is 3.01. The summed E-state index contributed by atoms with van der Waals surface area (Å²) in [5.41, 5.74) is 3.19. The lowest BCUT2D eigenvalue weighted by Crippen LogP contribution is -2.26. The van der Waals surface area contributed by atoms with Crippen LogP contribution in [0.2, 0.25) is 0 Å². The SMILES string of the molecule is Cc1cccc2nc(CCl)n(CCC(=O)NC3CC3)c12. The van der Waals surface area contributed by atoms with Crippen LogP contribution < -0.4 is 5.32 Å². The van der Waals surface area contributed by atoms with Crippen molar-refractivity contribution < 1.29 is 4.79 Å². The van der Waals surface area contributed by atoms with Crippen molar-refractivity contribution in [3.05, 3.63) is 29.6 Å². The number of fused-ring (bicyclic) bond motifs is 1. The van der Waals surface area contributed by atoms with Crippen LogP contribution >= 0.6 is 11.6 Å². The van der Waals surface area contributed by atoms with E-state index >= 15 is 0 Å². The number of benzene rings is 1. The van der Waals surface area contributed by atoms with Crippen LogP contribution in [0.4, 0.5) is 0 Å². The van der Waals surface area contributed by atoms with Crippen molar-refractivity contribution in [3.8, 4) is 0 Å². The maximum atomic E-state index is 11.8. The largest absolute Gasteiger partial charge is 0.353 e. The van der Waals surface area contributed by atoms with E-state index in [1.54, 1.807) is 0 Å². The van der Waals surface area contributed by atoms with Gasteiger partial charge in [0.15, 0.2) is 0 Å². The molecule has 2 aromatic rings. The molecule has 20 heavy (non-hydrogen) atoms. The van der Waals surface area contributed by atoms with E-state index in [2.05, 4.69) is 27.9 Å². The first kappa shape index (κ1) is 13.4. The van der Waals surface area contributed by atoms with Crippen molar-refractivity contribution in [3.63, 3.8) is 0 Å². The van der Waals surface area contributed by atoms with Gasteiger partial charge in [0.25, 0.3) is 0 Å². The molecule has 1 aliphatic rings. The standard InChI is InChI=1S/C15H18ClN3O/c1-10-3-2-4-12-15(10)19(13(9-16)18-12)8-7-14(20)17-11-5-6-11/h2-4,11H,5-9H2,1H3,(H,17,20). The summed E-state index contributed by atoms with van der Waals surface area (Å²) in [5.74, 6) is 1.30. The summed E-state index contributed by atoms with van der Waals surface area (Å²) in [6.07, 6.45) is 2.71. The zero-order valence-electron chi connectivity index (χ0n) is 11.5. The van der Waals surface area contributed by atoms with E-state index in [1.807, 2.05) is 12.1 Å². The Morgan fingerprint density at radius 3 is 3.00 bits per heavy atom. The summed E-state index contributed by atoms with van der Waals surface area (Å²) >= 11 is 5.98. The van der Waals surface area contributed by atoms with Gasteiger partial charge in [-0.15, -0.1) is 11.6 Å². The average molecular weight is 292 g/mol. The Kier molecular flexibility index (Phi) is 3.66. The third-order valence-corrected chi connectivity index (χ3v) is 3.91. The molecule has 0 atom stereocenters. The zero-order chi connectivity index (χ0) is 14.1. The third-order valence-electron chi connectivity index (χ3n) is 3.67. The highest BCUT2D eigenvalue weighted by atomic mass is 35.5.